The van der Waals surface area contributed by atoms with Gasteiger partial charge in [-0.2, -0.15) is 0 Å². The number of hydrogen-bond acceptors (Lipinski definition) is 5. The first-order chi connectivity index (χ1) is 16.5. The van der Waals surface area contributed by atoms with Crippen molar-refractivity contribution in [3.05, 3.63) is 88.6 Å². The summed E-state index contributed by atoms with van der Waals surface area (Å²) in [6.07, 6.45) is 2.40. The summed E-state index contributed by atoms with van der Waals surface area (Å²) >= 11 is 0. The highest BCUT2D eigenvalue weighted by Gasteiger charge is 2.39. The Morgan fingerprint density at radius 1 is 1.00 bits per heavy atom. The number of carbonyl (C=O) groups is 3. The molecule has 7 nitrogen and oxygen atoms in total. The molecule has 2 aliphatic heterocycles. The molecule has 1 atom stereocenters. The van der Waals surface area contributed by atoms with Crippen molar-refractivity contribution in [3.8, 4) is 11.3 Å². The molecule has 2 aliphatic rings. The standard InChI is InChI=1S/C27H26N4O3/c1-17-2-4-18(5-3-17)14-28-15-19-10-11-29-23(12-19)20-6-7-22-21(13-20)16-31(27(22)34)24-8-9-25(32)30-26(24)33/h2-7,10-13,24,28H,8-9,14-16H2,1H3,(H,30,32,33). The van der Waals surface area contributed by atoms with Gasteiger partial charge in [0.25, 0.3) is 5.91 Å². The summed E-state index contributed by atoms with van der Waals surface area (Å²) in [4.78, 5) is 42.7. The van der Waals surface area contributed by atoms with Crippen molar-refractivity contribution >= 4 is 17.7 Å². The average Bonchev–Trinajstić information content (AvgIpc) is 3.16. The monoisotopic (exact) mass is 454 g/mol. The Hall–Kier alpha value is -3.84. The molecular formula is C27H26N4O3. The summed E-state index contributed by atoms with van der Waals surface area (Å²) in [6, 6.07) is 17.6. The van der Waals surface area contributed by atoms with E-state index >= 15 is 0 Å². The molecule has 2 aromatic carbocycles. The van der Waals surface area contributed by atoms with Gasteiger partial charge in [-0.05, 0) is 54.3 Å². The molecule has 3 aromatic rings. The third-order valence-corrected chi connectivity index (χ3v) is 6.42. The molecule has 172 valence electrons. The fourth-order valence-electron chi connectivity index (χ4n) is 4.53. The predicted molar refractivity (Wildman–Crippen MR) is 127 cm³/mol. The number of aryl methyl sites for hydroxylation is 1. The second-order valence-corrected chi connectivity index (χ2v) is 8.91. The number of carbonyl (C=O) groups excluding carboxylic acids is 3. The summed E-state index contributed by atoms with van der Waals surface area (Å²) < 4.78 is 0. The molecule has 5 rings (SSSR count). The Kier molecular flexibility index (Phi) is 5.94. The lowest BCUT2D eigenvalue weighted by molar-refractivity contribution is -0.136. The highest BCUT2D eigenvalue weighted by atomic mass is 16.2. The minimum atomic E-state index is -0.609. The lowest BCUT2D eigenvalue weighted by Gasteiger charge is -2.29. The maximum absolute atomic E-state index is 12.9. The van der Waals surface area contributed by atoms with Gasteiger partial charge in [0.1, 0.15) is 6.04 Å². The molecule has 0 spiro atoms. The molecule has 0 saturated carbocycles. The van der Waals surface area contributed by atoms with Crippen molar-refractivity contribution in [2.24, 2.45) is 0 Å². The van der Waals surface area contributed by atoms with Crippen LogP contribution in [-0.2, 0) is 29.2 Å². The molecule has 2 N–H and O–H groups in total. The zero-order valence-corrected chi connectivity index (χ0v) is 19.0. The minimum absolute atomic E-state index is 0.168. The molecule has 0 bridgehead atoms. The Balaban J connectivity index is 1.28. The zero-order valence-electron chi connectivity index (χ0n) is 19.0. The van der Waals surface area contributed by atoms with Crippen molar-refractivity contribution in [2.45, 2.75) is 45.4 Å². The quantitative estimate of drug-likeness (QED) is 0.559. The molecule has 1 unspecified atom stereocenters. The number of nitrogens with zero attached hydrogens (tertiary/aromatic N) is 2. The lowest BCUT2D eigenvalue weighted by Crippen LogP contribution is -2.52. The van der Waals surface area contributed by atoms with Gasteiger partial charge < -0.3 is 10.2 Å². The van der Waals surface area contributed by atoms with Crippen LogP contribution in [0.3, 0.4) is 0 Å². The number of rotatable bonds is 6. The first kappa shape index (κ1) is 22.0. The van der Waals surface area contributed by atoms with E-state index in [0.717, 1.165) is 35.5 Å². The Morgan fingerprint density at radius 2 is 1.79 bits per heavy atom. The normalized spacial score (nSPS) is 17.6. The number of aromatic nitrogens is 1. The number of pyridine rings is 1. The van der Waals surface area contributed by atoms with Gasteiger partial charge in [0.15, 0.2) is 0 Å². The van der Waals surface area contributed by atoms with Crippen LogP contribution in [0.5, 0.6) is 0 Å². The van der Waals surface area contributed by atoms with Crippen LogP contribution in [0.4, 0.5) is 0 Å². The van der Waals surface area contributed by atoms with E-state index in [9.17, 15) is 14.4 Å². The maximum atomic E-state index is 12.9. The van der Waals surface area contributed by atoms with Gasteiger partial charge in [-0.25, -0.2) is 0 Å². The van der Waals surface area contributed by atoms with Gasteiger partial charge in [-0.3, -0.25) is 24.7 Å². The molecule has 3 amide bonds. The van der Waals surface area contributed by atoms with Crippen LogP contribution >= 0.6 is 0 Å². The van der Waals surface area contributed by atoms with Crippen LogP contribution in [0.2, 0.25) is 0 Å². The van der Waals surface area contributed by atoms with E-state index in [1.807, 2.05) is 24.3 Å². The topological polar surface area (TPSA) is 91.4 Å². The summed E-state index contributed by atoms with van der Waals surface area (Å²) in [5, 5.41) is 5.81. The van der Waals surface area contributed by atoms with Crippen LogP contribution in [0.1, 0.15) is 45.5 Å². The molecule has 7 heteroatoms. The van der Waals surface area contributed by atoms with Gasteiger partial charge in [0.05, 0.1) is 5.69 Å². The molecule has 1 aromatic heterocycles. The largest absolute Gasteiger partial charge is 0.322 e. The smallest absolute Gasteiger partial charge is 0.255 e. The van der Waals surface area contributed by atoms with E-state index in [1.165, 1.54) is 11.1 Å². The van der Waals surface area contributed by atoms with Crippen molar-refractivity contribution < 1.29 is 14.4 Å². The zero-order chi connectivity index (χ0) is 23.7. The highest BCUT2D eigenvalue weighted by Crippen LogP contribution is 2.30. The van der Waals surface area contributed by atoms with E-state index in [2.05, 4.69) is 52.9 Å². The van der Waals surface area contributed by atoms with Crippen molar-refractivity contribution in [3.63, 3.8) is 0 Å². The molecule has 0 radical (unpaired) electrons. The van der Waals surface area contributed by atoms with Crippen LogP contribution < -0.4 is 10.6 Å². The van der Waals surface area contributed by atoms with Crippen LogP contribution in [0, 0.1) is 6.92 Å². The second-order valence-electron chi connectivity index (χ2n) is 8.91. The molecule has 1 fully saturated rings. The number of fused-ring (bicyclic) bond motifs is 1. The lowest BCUT2D eigenvalue weighted by atomic mass is 10.0. The molecule has 0 aliphatic carbocycles. The number of hydrogen-bond donors (Lipinski definition) is 2. The number of nitrogens with one attached hydrogen (secondary N) is 2. The third kappa shape index (κ3) is 4.47. The number of piperidine rings is 1. The van der Waals surface area contributed by atoms with E-state index in [4.69, 9.17) is 0 Å². The Morgan fingerprint density at radius 3 is 2.59 bits per heavy atom. The Labute approximate surface area is 198 Å². The van der Waals surface area contributed by atoms with Crippen LogP contribution in [0.25, 0.3) is 11.3 Å². The van der Waals surface area contributed by atoms with Gasteiger partial charge in [-0.1, -0.05) is 35.9 Å². The van der Waals surface area contributed by atoms with Gasteiger partial charge in [-0.15, -0.1) is 0 Å². The summed E-state index contributed by atoms with van der Waals surface area (Å²) in [7, 11) is 0. The number of benzene rings is 2. The highest BCUT2D eigenvalue weighted by molar-refractivity contribution is 6.05. The van der Waals surface area contributed by atoms with Gasteiger partial charge in [0.2, 0.25) is 11.8 Å². The fraction of sp³-hybridized carbons (Fsp3) is 0.259. The van der Waals surface area contributed by atoms with E-state index < -0.39 is 11.9 Å². The van der Waals surface area contributed by atoms with Crippen LogP contribution in [0.15, 0.2) is 60.8 Å². The molecular weight excluding hydrogens is 428 g/mol. The van der Waals surface area contributed by atoms with E-state index in [-0.39, 0.29) is 18.2 Å². The van der Waals surface area contributed by atoms with E-state index in [0.29, 0.717) is 18.5 Å². The SMILES string of the molecule is Cc1ccc(CNCc2ccnc(-c3ccc4c(c3)CN(C3CCC(=O)NC3=O)C4=O)c2)cc1. The molecule has 34 heavy (non-hydrogen) atoms. The maximum Gasteiger partial charge on any atom is 0.255 e. The second kappa shape index (κ2) is 9.19. The summed E-state index contributed by atoms with van der Waals surface area (Å²) in [5.41, 5.74) is 6.85. The number of imide groups is 1. The third-order valence-electron chi connectivity index (χ3n) is 6.42. The van der Waals surface area contributed by atoms with Crippen LogP contribution in [-0.4, -0.2) is 33.6 Å². The molecule has 3 heterocycles. The van der Waals surface area contributed by atoms with Crippen molar-refractivity contribution in [1.82, 2.24) is 20.5 Å². The minimum Gasteiger partial charge on any atom is -0.322 e. The predicted octanol–water partition coefficient (Wildman–Crippen LogP) is 3.11. The van der Waals surface area contributed by atoms with Crippen molar-refractivity contribution in [2.75, 3.05) is 0 Å². The average molecular weight is 455 g/mol. The van der Waals surface area contributed by atoms with Crippen molar-refractivity contribution in [1.29, 1.82) is 0 Å². The summed E-state index contributed by atoms with van der Waals surface area (Å²) in [5.74, 6) is -0.852. The first-order valence-electron chi connectivity index (χ1n) is 11.5. The first-order valence-corrected chi connectivity index (χ1v) is 11.5. The van der Waals surface area contributed by atoms with Gasteiger partial charge >= 0.3 is 0 Å². The summed E-state index contributed by atoms with van der Waals surface area (Å²) in [6.45, 7) is 3.94. The number of amides is 3. The fourth-order valence-corrected chi connectivity index (χ4v) is 4.53. The Bertz CT molecular complexity index is 1270. The van der Waals surface area contributed by atoms with E-state index in [1.54, 1.807) is 11.1 Å². The molecule has 1 saturated heterocycles. The van der Waals surface area contributed by atoms with Gasteiger partial charge in [0, 0.05) is 43.4 Å².